The lowest BCUT2D eigenvalue weighted by Gasteiger charge is -2.15. The predicted molar refractivity (Wildman–Crippen MR) is 108 cm³/mol. The van der Waals surface area contributed by atoms with Crippen molar-refractivity contribution in [1.82, 2.24) is 9.55 Å². The van der Waals surface area contributed by atoms with E-state index >= 15 is 0 Å². The van der Waals surface area contributed by atoms with E-state index in [1.807, 2.05) is 24.3 Å². The van der Waals surface area contributed by atoms with Crippen LogP contribution in [0.4, 0.5) is 0 Å². The minimum Gasteiger partial charge on any atom is -0.259 e. The summed E-state index contributed by atoms with van der Waals surface area (Å²) in [4.78, 5) is 17.4. The quantitative estimate of drug-likeness (QED) is 0.528. The lowest BCUT2D eigenvalue weighted by atomic mass is 10.0. The lowest BCUT2D eigenvalue weighted by Crippen LogP contribution is -2.24. The fourth-order valence-electron chi connectivity index (χ4n) is 3.58. The van der Waals surface area contributed by atoms with Crippen molar-refractivity contribution < 1.29 is 0 Å². The first-order valence-electron chi connectivity index (χ1n) is 9.49. The first-order chi connectivity index (χ1) is 12.7. The van der Waals surface area contributed by atoms with Gasteiger partial charge in [-0.1, -0.05) is 55.6 Å². The van der Waals surface area contributed by atoms with Gasteiger partial charge in [-0.15, -0.1) is 0 Å². The fourth-order valence-corrected chi connectivity index (χ4v) is 3.80. The van der Waals surface area contributed by atoms with Crippen LogP contribution in [0.15, 0.2) is 47.3 Å². The first kappa shape index (κ1) is 17.3. The average molecular weight is 367 g/mol. The maximum atomic E-state index is 12.9. The number of aryl methyl sites for hydroxylation is 1. The molecule has 0 spiro atoms. The Morgan fingerprint density at radius 1 is 1.15 bits per heavy atom. The second kappa shape index (κ2) is 7.24. The van der Waals surface area contributed by atoms with E-state index in [0.717, 1.165) is 42.3 Å². The van der Waals surface area contributed by atoms with Gasteiger partial charge in [0.2, 0.25) is 0 Å². The summed E-state index contributed by atoms with van der Waals surface area (Å²) in [7, 11) is 0. The molecule has 4 heteroatoms. The topological polar surface area (TPSA) is 34.9 Å². The molecule has 0 atom stereocenters. The zero-order valence-electron chi connectivity index (χ0n) is 15.0. The molecule has 1 saturated carbocycles. The van der Waals surface area contributed by atoms with Crippen molar-refractivity contribution in [3.05, 3.63) is 69.2 Å². The molecule has 0 radical (unpaired) electrons. The second-order valence-electron chi connectivity index (χ2n) is 7.14. The third-order valence-corrected chi connectivity index (χ3v) is 5.47. The van der Waals surface area contributed by atoms with Crippen LogP contribution in [0.2, 0.25) is 5.02 Å². The number of hydrogen-bond donors (Lipinski definition) is 0. The van der Waals surface area contributed by atoms with Gasteiger partial charge in [0.15, 0.2) is 0 Å². The molecule has 2 aromatic carbocycles. The van der Waals surface area contributed by atoms with Gasteiger partial charge >= 0.3 is 5.69 Å². The Morgan fingerprint density at radius 3 is 2.69 bits per heavy atom. The number of unbranched alkanes of at least 4 members (excludes halogenated alkanes) is 2. The van der Waals surface area contributed by atoms with Gasteiger partial charge in [0.1, 0.15) is 0 Å². The van der Waals surface area contributed by atoms with Gasteiger partial charge in [-0.25, -0.2) is 4.79 Å². The van der Waals surface area contributed by atoms with Crippen LogP contribution >= 0.6 is 11.6 Å². The maximum absolute atomic E-state index is 12.9. The van der Waals surface area contributed by atoms with Gasteiger partial charge in [-0.05, 0) is 55.4 Å². The van der Waals surface area contributed by atoms with Gasteiger partial charge in [0.05, 0.1) is 21.9 Å². The standard InChI is InChI=1S/C22H23ClN2O/c1-2-3-4-8-19-17-13-12-16(15-10-11-15)14-21(17)25(22(26)24-19)20-9-6-5-7-18(20)23/h5-7,9,12-15H,2-4,8,10-11H2,1H3. The SMILES string of the molecule is CCCCCc1nc(=O)n(-c2ccccc2Cl)c2cc(C3CC3)ccc12. The molecule has 0 unspecified atom stereocenters. The average Bonchev–Trinajstić information content (AvgIpc) is 3.48. The van der Waals surface area contributed by atoms with Crippen LogP contribution in [0.5, 0.6) is 0 Å². The third-order valence-electron chi connectivity index (χ3n) is 5.15. The maximum Gasteiger partial charge on any atom is 0.352 e. The van der Waals surface area contributed by atoms with Crippen molar-refractivity contribution in [2.45, 2.75) is 51.4 Å². The van der Waals surface area contributed by atoms with Gasteiger partial charge in [0.25, 0.3) is 0 Å². The van der Waals surface area contributed by atoms with Crippen molar-refractivity contribution in [2.75, 3.05) is 0 Å². The Bertz CT molecular complexity index is 1000. The van der Waals surface area contributed by atoms with Crippen LogP contribution in [-0.2, 0) is 6.42 Å². The minimum atomic E-state index is -0.245. The minimum absolute atomic E-state index is 0.245. The Hall–Kier alpha value is -2.13. The van der Waals surface area contributed by atoms with Crippen LogP contribution in [-0.4, -0.2) is 9.55 Å². The summed E-state index contributed by atoms with van der Waals surface area (Å²) in [6, 6.07) is 14.0. The third kappa shape index (κ3) is 3.28. The molecule has 0 saturated heterocycles. The van der Waals surface area contributed by atoms with Crippen molar-refractivity contribution in [2.24, 2.45) is 0 Å². The summed E-state index contributed by atoms with van der Waals surface area (Å²) >= 11 is 6.40. The van der Waals surface area contributed by atoms with Gasteiger partial charge < -0.3 is 0 Å². The molecule has 3 nitrogen and oxygen atoms in total. The molecular weight excluding hydrogens is 344 g/mol. The summed E-state index contributed by atoms with van der Waals surface area (Å²) in [6.07, 6.45) is 6.66. The lowest BCUT2D eigenvalue weighted by molar-refractivity contribution is 0.705. The summed E-state index contributed by atoms with van der Waals surface area (Å²) in [5.41, 5.74) is 3.59. The van der Waals surface area contributed by atoms with Crippen molar-refractivity contribution in [1.29, 1.82) is 0 Å². The molecule has 1 heterocycles. The zero-order valence-corrected chi connectivity index (χ0v) is 15.8. The van der Waals surface area contributed by atoms with Gasteiger partial charge in [0, 0.05) is 5.39 Å². The van der Waals surface area contributed by atoms with E-state index in [-0.39, 0.29) is 5.69 Å². The molecule has 1 fully saturated rings. The number of nitrogens with zero attached hydrogens (tertiary/aromatic N) is 2. The number of halogens is 1. The van der Waals surface area contributed by atoms with Gasteiger partial charge in [-0.3, -0.25) is 4.57 Å². The molecule has 0 amide bonds. The predicted octanol–water partition coefficient (Wildman–Crippen LogP) is 5.65. The summed E-state index contributed by atoms with van der Waals surface area (Å²) in [5, 5.41) is 1.62. The molecule has 0 aliphatic heterocycles. The van der Waals surface area contributed by atoms with Crippen molar-refractivity contribution >= 4 is 22.5 Å². The highest BCUT2D eigenvalue weighted by atomic mass is 35.5. The van der Waals surface area contributed by atoms with E-state index < -0.39 is 0 Å². The van der Waals surface area contributed by atoms with E-state index in [9.17, 15) is 4.79 Å². The van der Waals surface area contributed by atoms with E-state index in [4.69, 9.17) is 11.6 Å². The molecule has 1 aliphatic carbocycles. The number of fused-ring (bicyclic) bond motifs is 1. The van der Waals surface area contributed by atoms with Crippen molar-refractivity contribution in [3.8, 4) is 5.69 Å². The van der Waals surface area contributed by atoms with Crippen LogP contribution < -0.4 is 5.69 Å². The van der Waals surface area contributed by atoms with Crippen LogP contribution in [0.1, 0.15) is 56.2 Å². The molecule has 26 heavy (non-hydrogen) atoms. The molecule has 1 aliphatic rings. The smallest absolute Gasteiger partial charge is 0.259 e. The molecule has 3 aromatic rings. The van der Waals surface area contributed by atoms with Crippen LogP contribution in [0.3, 0.4) is 0 Å². The molecule has 1 aromatic heterocycles. The Morgan fingerprint density at radius 2 is 1.96 bits per heavy atom. The zero-order chi connectivity index (χ0) is 18.1. The number of rotatable bonds is 6. The van der Waals surface area contributed by atoms with Crippen LogP contribution in [0, 0.1) is 0 Å². The Balaban J connectivity index is 1.94. The summed E-state index contributed by atoms with van der Waals surface area (Å²) in [6.45, 7) is 2.18. The number of para-hydroxylation sites is 1. The number of benzene rings is 2. The number of aromatic nitrogens is 2. The largest absolute Gasteiger partial charge is 0.352 e. The summed E-state index contributed by atoms with van der Waals surface area (Å²) < 4.78 is 1.67. The molecule has 4 rings (SSSR count). The number of hydrogen-bond acceptors (Lipinski definition) is 2. The van der Waals surface area contributed by atoms with Gasteiger partial charge in [-0.2, -0.15) is 4.98 Å². The van der Waals surface area contributed by atoms with E-state index in [0.29, 0.717) is 16.6 Å². The normalized spacial score (nSPS) is 14.1. The highest BCUT2D eigenvalue weighted by Crippen LogP contribution is 2.41. The second-order valence-corrected chi connectivity index (χ2v) is 7.54. The van der Waals surface area contributed by atoms with E-state index in [1.54, 1.807) is 4.57 Å². The summed E-state index contributed by atoms with van der Waals surface area (Å²) in [5.74, 6) is 0.630. The monoisotopic (exact) mass is 366 g/mol. The highest BCUT2D eigenvalue weighted by Gasteiger charge is 2.24. The molecule has 134 valence electrons. The first-order valence-corrected chi connectivity index (χ1v) is 9.87. The van der Waals surface area contributed by atoms with E-state index in [1.165, 1.54) is 18.4 Å². The molecular formula is C22H23ClN2O. The Kier molecular flexibility index (Phi) is 4.82. The van der Waals surface area contributed by atoms with E-state index in [2.05, 4.69) is 30.1 Å². The van der Waals surface area contributed by atoms with Crippen LogP contribution in [0.25, 0.3) is 16.6 Å². The molecule has 0 bridgehead atoms. The molecule has 0 N–H and O–H groups in total. The fraction of sp³-hybridized carbons (Fsp3) is 0.364. The Labute approximate surface area is 158 Å². The highest BCUT2D eigenvalue weighted by molar-refractivity contribution is 6.32. The van der Waals surface area contributed by atoms with Crippen molar-refractivity contribution in [3.63, 3.8) is 0 Å².